The van der Waals surface area contributed by atoms with Crippen molar-refractivity contribution in [2.45, 2.75) is 79.6 Å². The standard InChI is InChI=1S/C23H18N.C13H24O2.Ir/c1-14-10-11-16-13-24-22-17-8-4-6-15-7-5-9-19(20(15)17)23(2,3)21(22)18(16)12-14;1-5-10(6-2)12(14)9-13(15)11(7-3)8-4;/h4-7,9-13H,1-3H3;9-11,14H,5-8H2,1-4H3;/q-1;;/b;12-9-;. The van der Waals surface area contributed by atoms with E-state index in [4.69, 9.17) is 4.98 Å². The predicted octanol–water partition coefficient (Wildman–Crippen LogP) is 9.67. The molecule has 3 nitrogen and oxygen atoms in total. The average molecular weight is 713 g/mol. The first-order chi connectivity index (χ1) is 18.7. The molecule has 1 aliphatic carbocycles. The second kappa shape index (κ2) is 13.2. The van der Waals surface area contributed by atoms with Gasteiger partial charge in [0.1, 0.15) is 0 Å². The minimum Gasteiger partial charge on any atom is -0.512 e. The summed E-state index contributed by atoms with van der Waals surface area (Å²) in [5.41, 5.74) is 6.12. The molecule has 0 fully saturated rings. The van der Waals surface area contributed by atoms with E-state index in [2.05, 4.69) is 69.3 Å². The zero-order valence-electron chi connectivity index (χ0n) is 24.9. The number of pyridine rings is 1. The molecular formula is C36H42IrNO2-. The number of nitrogens with zero attached hydrogens (tertiary/aromatic N) is 1. The van der Waals surface area contributed by atoms with Crippen molar-refractivity contribution in [3.8, 4) is 11.3 Å². The van der Waals surface area contributed by atoms with Gasteiger partial charge in [0.05, 0.1) is 5.76 Å². The molecule has 3 aromatic carbocycles. The third-order valence-corrected chi connectivity index (χ3v) is 8.50. The molecule has 0 saturated heterocycles. The van der Waals surface area contributed by atoms with Gasteiger partial charge in [-0.1, -0.05) is 94.5 Å². The van der Waals surface area contributed by atoms with Gasteiger partial charge in [-0.3, -0.25) is 4.79 Å². The molecule has 0 saturated carbocycles. The first-order valence-electron chi connectivity index (χ1n) is 14.5. The zero-order valence-corrected chi connectivity index (χ0v) is 27.3. The van der Waals surface area contributed by atoms with Crippen LogP contribution < -0.4 is 0 Å². The number of aliphatic hydroxyl groups excluding tert-OH is 1. The van der Waals surface area contributed by atoms with Gasteiger partial charge in [0, 0.05) is 49.6 Å². The number of allylic oxidation sites excluding steroid dienone is 2. The summed E-state index contributed by atoms with van der Waals surface area (Å²) in [5, 5.41) is 14.8. The number of benzene rings is 3. The van der Waals surface area contributed by atoms with Crippen LogP contribution in [0.2, 0.25) is 0 Å². The monoisotopic (exact) mass is 713 g/mol. The topological polar surface area (TPSA) is 50.2 Å². The number of carbonyl (C=O) groups is 1. The molecule has 0 bridgehead atoms. The van der Waals surface area contributed by atoms with E-state index in [1.165, 1.54) is 44.3 Å². The average Bonchev–Trinajstić information content (AvgIpc) is 2.92. The number of aliphatic hydroxyl groups is 1. The number of hydrogen-bond acceptors (Lipinski definition) is 3. The van der Waals surface area contributed by atoms with Crippen LogP contribution in [0.3, 0.4) is 0 Å². The van der Waals surface area contributed by atoms with Crippen LogP contribution in [0.15, 0.2) is 66.6 Å². The van der Waals surface area contributed by atoms with Gasteiger partial charge in [-0.2, -0.15) is 0 Å². The van der Waals surface area contributed by atoms with Crippen molar-refractivity contribution in [2.75, 3.05) is 0 Å². The van der Waals surface area contributed by atoms with Crippen LogP contribution in [0.4, 0.5) is 0 Å². The third-order valence-electron chi connectivity index (χ3n) is 8.50. The summed E-state index contributed by atoms with van der Waals surface area (Å²) in [6.45, 7) is 14.9. The maximum atomic E-state index is 11.7. The van der Waals surface area contributed by atoms with Crippen LogP contribution in [0.25, 0.3) is 32.8 Å². The molecule has 1 heterocycles. The number of fused-ring (bicyclic) bond motifs is 4. The summed E-state index contributed by atoms with van der Waals surface area (Å²) >= 11 is 0. The van der Waals surface area contributed by atoms with E-state index in [9.17, 15) is 9.90 Å². The van der Waals surface area contributed by atoms with Crippen molar-refractivity contribution >= 4 is 27.3 Å². The number of aryl methyl sites for hydroxylation is 1. The van der Waals surface area contributed by atoms with Crippen molar-refractivity contribution < 1.29 is 30.0 Å². The summed E-state index contributed by atoms with van der Waals surface area (Å²) in [5.74, 6) is 0.547. The van der Waals surface area contributed by atoms with E-state index in [0.717, 1.165) is 36.9 Å². The summed E-state index contributed by atoms with van der Waals surface area (Å²) in [4.78, 5) is 16.6. The van der Waals surface area contributed by atoms with Gasteiger partial charge in [-0.15, -0.1) is 29.1 Å². The Hall–Kier alpha value is -2.81. The van der Waals surface area contributed by atoms with Gasteiger partial charge in [-0.05, 0) is 54.6 Å². The Labute approximate surface area is 253 Å². The van der Waals surface area contributed by atoms with Crippen LogP contribution >= 0.6 is 0 Å². The molecule has 1 N–H and O–H groups in total. The second-order valence-corrected chi connectivity index (χ2v) is 11.3. The van der Waals surface area contributed by atoms with E-state index in [1.54, 1.807) is 0 Å². The van der Waals surface area contributed by atoms with Gasteiger partial charge in [0.2, 0.25) is 0 Å². The Bertz CT molecular complexity index is 1520. The fraction of sp³-hybridized carbons (Fsp3) is 0.389. The summed E-state index contributed by atoms with van der Waals surface area (Å²) in [6, 6.07) is 20.9. The van der Waals surface area contributed by atoms with Crippen molar-refractivity contribution in [1.82, 2.24) is 4.98 Å². The molecule has 5 rings (SSSR count). The molecule has 40 heavy (non-hydrogen) atoms. The Morgan fingerprint density at radius 2 is 1.65 bits per heavy atom. The molecule has 0 amide bonds. The molecule has 1 aromatic heterocycles. The van der Waals surface area contributed by atoms with Gasteiger partial charge in [0.15, 0.2) is 5.78 Å². The van der Waals surface area contributed by atoms with Gasteiger partial charge in [-0.25, -0.2) is 0 Å². The van der Waals surface area contributed by atoms with Gasteiger partial charge >= 0.3 is 0 Å². The maximum Gasteiger partial charge on any atom is 0.162 e. The van der Waals surface area contributed by atoms with Crippen LogP contribution in [-0.2, 0) is 30.3 Å². The molecule has 213 valence electrons. The number of hydrogen-bond donors (Lipinski definition) is 1. The SMILES string of the molecule is CCC(CC)C(=O)/C=C(\O)C(CC)CC.Cc1ccc2cnc3c(c2c1)C(C)(C)c1cccc2cc[c-]c-3c12.[Ir]. The maximum absolute atomic E-state index is 11.7. The van der Waals surface area contributed by atoms with Crippen molar-refractivity contribution in [2.24, 2.45) is 11.8 Å². The Kier molecular flexibility index (Phi) is 10.5. The molecule has 4 heteroatoms. The van der Waals surface area contributed by atoms with Gasteiger partial charge in [0.25, 0.3) is 0 Å². The molecular weight excluding hydrogens is 671 g/mol. The minimum atomic E-state index is -0.0860. The smallest absolute Gasteiger partial charge is 0.162 e. The molecule has 0 unspecified atom stereocenters. The van der Waals surface area contributed by atoms with Crippen LogP contribution in [0.5, 0.6) is 0 Å². The summed E-state index contributed by atoms with van der Waals surface area (Å²) in [7, 11) is 0. The molecule has 1 aliphatic rings. The van der Waals surface area contributed by atoms with Gasteiger partial charge < -0.3 is 10.1 Å². The van der Waals surface area contributed by atoms with E-state index in [-0.39, 0.29) is 48.9 Å². The van der Waals surface area contributed by atoms with E-state index >= 15 is 0 Å². The quantitative estimate of drug-likeness (QED) is 0.118. The van der Waals surface area contributed by atoms with Crippen LogP contribution in [0, 0.1) is 24.8 Å². The van der Waals surface area contributed by atoms with Crippen molar-refractivity contribution in [3.63, 3.8) is 0 Å². The Morgan fingerprint density at radius 3 is 2.30 bits per heavy atom. The molecule has 1 radical (unpaired) electrons. The molecule has 0 atom stereocenters. The first kappa shape index (κ1) is 31.7. The number of ketones is 1. The zero-order chi connectivity index (χ0) is 28.3. The fourth-order valence-corrected chi connectivity index (χ4v) is 6.04. The fourth-order valence-electron chi connectivity index (χ4n) is 6.04. The number of rotatable bonds is 7. The largest absolute Gasteiger partial charge is 0.512 e. The number of carbonyl (C=O) groups excluding carboxylic acids is 1. The second-order valence-electron chi connectivity index (χ2n) is 11.3. The minimum absolute atomic E-state index is 0. The molecule has 4 aromatic rings. The number of aromatic nitrogens is 1. The predicted molar refractivity (Wildman–Crippen MR) is 164 cm³/mol. The van der Waals surface area contributed by atoms with E-state index < -0.39 is 0 Å². The summed E-state index contributed by atoms with van der Waals surface area (Å²) in [6.07, 6.45) is 6.91. The van der Waals surface area contributed by atoms with Crippen molar-refractivity contribution in [3.05, 3.63) is 89.3 Å². The third kappa shape index (κ3) is 5.94. The Morgan fingerprint density at radius 1 is 0.975 bits per heavy atom. The Balaban J connectivity index is 0.000000243. The van der Waals surface area contributed by atoms with Crippen molar-refractivity contribution in [1.29, 1.82) is 0 Å². The summed E-state index contributed by atoms with van der Waals surface area (Å²) < 4.78 is 0. The molecule has 0 spiro atoms. The molecule has 0 aliphatic heterocycles. The van der Waals surface area contributed by atoms with Crippen LogP contribution in [0.1, 0.15) is 83.9 Å². The van der Waals surface area contributed by atoms with Crippen LogP contribution in [-0.4, -0.2) is 15.9 Å². The normalized spacial score (nSPS) is 13.6. The van der Waals surface area contributed by atoms with E-state index in [1.807, 2.05) is 40.0 Å². The first-order valence-corrected chi connectivity index (χ1v) is 14.5. The van der Waals surface area contributed by atoms with E-state index in [0.29, 0.717) is 0 Å².